The second-order valence-corrected chi connectivity index (χ2v) is 5.09. The van der Waals surface area contributed by atoms with Crippen molar-refractivity contribution in [2.75, 3.05) is 0 Å². The van der Waals surface area contributed by atoms with Gasteiger partial charge in [0.15, 0.2) is 0 Å². The molecule has 0 amide bonds. The third kappa shape index (κ3) is 2.51. The smallest absolute Gasteiger partial charge is 0.131 e. The molecule has 0 N–H and O–H groups in total. The number of hydrogen-bond acceptors (Lipinski definition) is 2. The first-order valence-corrected chi connectivity index (χ1v) is 7.14. The first-order valence-electron chi connectivity index (χ1n) is 7.14. The van der Waals surface area contributed by atoms with Gasteiger partial charge in [0.2, 0.25) is 0 Å². The van der Waals surface area contributed by atoms with E-state index < -0.39 is 11.6 Å². The number of benzene rings is 3. The summed E-state index contributed by atoms with van der Waals surface area (Å²) in [4.78, 5) is 0. The van der Waals surface area contributed by atoms with E-state index in [1.165, 1.54) is 0 Å². The fraction of sp³-hybridized carbons (Fsp3) is 0. The molecular weight excluding hydrogens is 306 g/mol. The predicted molar refractivity (Wildman–Crippen MR) is 86.7 cm³/mol. The zero-order chi connectivity index (χ0) is 17.1. The van der Waals surface area contributed by atoms with Gasteiger partial charge in [0, 0.05) is 22.3 Å². The monoisotopic (exact) mass is 316 g/mol. The highest BCUT2D eigenvalue weighted by Gasteiger charge is 2.21. The van der Waals surface area contributed by atoms with Gasteiger partial charge in [0.1, 0.15) is 11.6 Å². The molecule has 0 aliphatic rings. The first kappa shape index (κ1) is 15.4. The molecule has 114 valence electrons. The Morgan fingerprint density at radius 3 is 1.33 bits per heavy atom. The molecule has 0 heterocycles. The zero-order valence-corrected chi connectivity index (χ0v) is 12.4. The highest BCUT2D eigenvalue weighted by molar-refractivity contribution is 5.88. The molecule has 4 heteroatoms. The Morgan fingerprint density at radius 2 is 0.958 bits per heavy atom. The summed E-state index contributed by atoms with van der Waals surface area (Å²) in [6.45, 7) is 0. The molecular formula is C20H10F2N2. The molecule has 0 spiro atoms. The number of nitrogens with zero attached hydrogens (tertiary/aromatic N) is 2. The third-order valence-corrected chi connectivity index (χ3v) is 3.74. The van der Waals surface area contributed by atoms with Crippen LogP contribution < -0.4 is 0 Å². The number of hydrogen-bond donors (Lipinski definition) is 0. The Balaban J connectivity index is 2.43. The van der Waals surface area contributed by atoms with Gasteiger partial charge in [-0.3, -0.25) is 0 Å². The number of halogens is 2. The van der Waals surface area contributed by atoms with E-state index in [1.807, 2.05) is 12.1 Å². The largest absolute Gasteiger partial charge is 0.206 e. The van der Waals surface area contributed by atoms with E-state index in [2.05, 4.69) is 0 Å². The summed E-state index contributed by atoms with van der Waals surface area (Å²) in [5.74, 6) is -1.30. The van der Waals surface area contributed by atoms with Crippen LogP contribution in [0.4, 0.5) is 8.78 Å². The maximum Gasteiger partial charge on any atom is 0.131 e. The lowest BCUT2D eigenvalue weighted by atomic mass is 9.89. The summed E-state index contributed by atoms with van der Waals surface area (Å²) >= 11 is 0. The van der Waals surface area contributed by atoms with Crippen LogP contribution in [0, 0.1) is 34.3 Å². The highest BCUT2D eigenvalue weighted by atomic mass is 19.1. The van der Waals surface area contributed by atoms with Gasteiger partial charge in [-0.15, -0.1) is 0 Å². The minimum Gasteiger partial charge on any atom is -0.206 e. The van der Waals surface area contributed by atoms with Crippen molar-refractivity contribution in [3.05, 3.63) is 83.4 Å². The molecule has 0 atom stereocenters. The lowest BCUT2D eigenvalue weighted by Gasteiger charge is -2.14. The van der Waals surface area contributed by atoms with Crippen molar-refractivity contribution in [2.24, 2.45) is 0 Å². The van der Waals surface area contributed by atoms with Crippen molar-refractivity contribution in [3.8, 4) is 34.4 Å². The molecule has 2 nitrogen and oxygen atoms in total. The molecule has 0 radical (unpaired) electrons. The van der Waals surface area contributed by atoms with Gasteiger partial charge in [-0.2, -0.15) is 10.5 Å². The lowest BCUT2D eigenvalue weighted by Crippen LogP contribution is -1.97. The van der Waals surface area contributed by atoms with E-state index in [-0.39, 0.29) is 22.3 Å². The van der Waals surface area contributed by atoms with Gasteiger partial charge in [-0.1, -0.05) is 36.4 Å². The SMILES string of the molecule is N#Cc1ccccc1-c1c(F)ccc(F)c1-c1ccccc1C#N. The van der Waals surface area contributed by atoms with Crippen LogP contribution >= 0.6 is 0 Å². The predicted octanol–water partition coefficient (Wildman–Crippen LogP) is 5.04. The van der Waals surface area contributed by atoms with Crippen LogP contribution in [0.1, 0.15) is 11.1 Å². The maximum atomic E-state index is 14.6. The minimum atomic E-state index is -0.651. The minimum absolute atomic E-state index is 0.0187. The average molecular weight is 316 g/mol. The molecule has 0 saturated carbocycles. The van der Waals surface area contributed by atoms with Crippen molar-refractivity contribution in [2.45, 2.75) is 0 Å². The average Bonchev–Trinajstić information content (AvgIpc) is 2.63. The van der Waals surface area contributed by atoms with Crippen LogP contribution in [-0.2, 0) is 0 Å². The van der Waals surface area contributed by atoms with Crippen molar-refractivity contribution < 1.29 is 8.78 Å². The Morgan fingerprint density at radius 1 is 0.583 bits per heavy atom. The fourth-order valence-corrected chi connectivity index (χ4v) is 2.68. The van der Waals surface area contributed by atoms with Crippen LogP contribution in [0.15, 0.2) is 60.7 Å². The second kappa shape index (κ2) is 6.32. The summed E-state index contributed by atoms with van der Waals surface area (Å²) in [5, 5.41) is 18.6. The van der Waals surface area contributed by atoms with E-state index >= 15 is 0 Å². The normalized spacial score (nSPS) is 10.0. The van der Waals surface area contributed by atoms with Gasteiger partial charge in [0.25, 0.3) is 0 Å². The van der Waals surface area contributed by atoms with E-state index in [4.69, 9.17) is 0 Å². The molecule has 3 rings (SSSR count). The third-order valence-electron chi connectivity index (χ3n) is 3.74. The Bertz CT molecular complexity index is 928. The summed E-state index contributed by atoms with van der Waals surface area (Å²) in [5.41, 5.74) is 1.01. The van der Waals surface area contributed by atoms with E-state index in [9.17, 15) is 19.3 Å². The maximum absolute atomic E-state index is 14.6. The molecule has 24 heavy (non-hydrogen) atoms. The lowest BCUT2D eigenvalue weighted by molar-refractivity contribution is 0.606. The number of rotatable bonds is 2. The van der Waals surface area contributed by atoms with Crippen molar-refractivity contribution in [1.29, 1.82) is 10.5 Å². The second-order valence-electron chi connectivity index (χ2n) is 5.09. The summed E-state index contributed by atoms with van der Waals surface area (Å²) < 4.78 is 29.2. The van der Waals surface area contributed by atoms with E-state index in [0.29, 0.717) is 11.1 Å². The van der Waals surface area contributed by atoms with Crippen LogP contribution in [-0.4, -0.2) is 0 Å². The molecule has 0 unspecified atom stereocenters. The Kier molecular flexibility index (Phi) is 4.05. The van der Waals surface area contributed by atoms with Gasteiger partial charge in [-0.25, -0.2) is 8.78 Å². The van der Waals surface area contributed by atoms with Crippen LogP contribution in [0.25, 0.3) is 22.3 Å². The molecule has 3 aromatic rings. The molecule has 0 aliphatic heterocycles. The van der Waals surface area contributed by atoms with Gasteiger partial charge < -0.3 is 0 Å². The summed E-state index contributed by atoms with van der Waals surface area (Å²) in [7, 11) is 0. The first-order chi connectivity index (χ1) is 11.7. The number of nitriles is 2. The molecule has 0 bridgehead atoms. The van der Waals surface area contributed by atoms with Gasteiger partial charge >= 0.3 is 0 Å². The highest BCUT2D eigenvalue weighted by Crippen LogP contribution is 2.39. The van der Waals surface area contributed by atoms with Crippen LogP contribution in [0.5, 0.6) is 0 Å². The Hall–Kier alpha value is -3.50. The van der Waals surface area contributed by atoms with Crippen LogP contribution in [0.3, 0.4) is 0 Å². The summed E-state index contributed by atoms with van der Waals surface area (Å²) in [6.07, 6.45) is 0. The fourth-order valence-electron chi connectivity index (χ4n) is 2.68. The quantitative estimate of drug-likeness (QED) is 0.665. The van der Waals surface area contributed by atoms with E-state index in [0.717, 1.165) is 12.1 Å². The van der Waals surface area contributed by atoms with E-state index in [1.54, 1.807) is 48.5 Å². The van der Waals surface area contributed by atoms with Crippen molar-refractivity contribution in [3.63, 3.8) is 0 Å². The summed E-state index contributed by atoms with van der Waals surface area (Å²) in [6, 6.07) is 18.9. The van der Waals surface area contributed by atoms with Gasteiger partial charge in [0.05, 0.1) is 23.3 Å². The van der Waals surface area contributed by atoms with Crippen molar-refractivity contribution >= 4 is 0 Å². The Labute approximate surface area is 137 Å². The molecule has 0 saturated heterocycles. The standard InChI is InChI=1S/C20H10F2N2/c21-17-9-10-18(22)20(16-8-4-2-6-14(16)12-24)19(17)15-7-3-1-5-13(15)11-23/h1-10H. The molecule has 0 aliphatic carbocycles. The topological polar surface area (TPSA) is 47.6 Å². The van der Waals surface area contributed by atoms with Gasteiger partial charge in [-0.05, 0) is 24.3 Å². The zero-order valence-electron chi connectivity index (χ0n) is 12.4. The molecule has 3 aromatic carbocycles. The van der Waals surface area contributed by atoms with Crippen LogP contribution in [0.2, 0.25) is 0 Å². The van der Waals surface area contributed by atoms with Crippen molar-refractivity contribution in [1.82, 2.24) is 0 Å². The molecule has 0 fully saturated rings. The molecule has 0 aromatic heterocycles.